The Morgan fingerprint density at radius 3 is 2.37 bits per heavy atom. The number of rotatable bonds is 7. The molecular weight excluding hydrogens is 378 g/mol. The monoisotopic (exact) mass is 409 g/mol. The van der Waals surface area contributed by atoms with Gasteiger partial charge < -0.3 is 0 Å². The van der Waals surface area contributed by atoms with E-state index < -0.39 is 6.04 Å². The molecule has 7 heteroatoms. The molecular formula is C23H31N5O2. The molecule has 0 aliphatic carbocycles. The summed E-state index contributed by atoms with van der Waals surface area (Å²) >= 11 is 0. The zero-order valence-corrected chi connectivity index (χ0v) is 17.8. The maximum atomic E-state index is 12.4. The highest BCUT2D eigenvalue weighted by Crippen LogP contribution is 2.21. The van der Waals surface area contributed by atoms with Gasteiger partial charge in [0, 0.05) is 24.2 Å². The summed E-state index contributed by atoms with van der Waals surface area (Å²) in [6.45, 7) is 8.30. The van der Waals surface area contributed by atoms with Crippen molar-refractivity contribution in [1.29, 1.82) is 0 Å². The molecule has 2 aromatic rings. The normalized spacial score (nSPS) is 18.6. The number of carbonyl (C=O) groups is 2. The largest absolute Gasteiger partial charge is 0.297 e. The van der Waals surface area contributed by atoms with Gasteiger partial charge in [-0.1, -0.05) is 49.4 Å². The van der Waals surface area contributed by atoms with E-state index in [9.17, 15) is 9.59 Å². The second-order valence-corrected chi connectivity index (χ2v) is 7.84. The van der Waals surface area contributed by atoms with E-state index in [0.717, 1.165) is 24.2 Å². The van der Waals surface area contributed by atoms with Gasteiger partial charge in [0.25, 0.3) is 11.8 Å². The first-order valence-corrected chi connectivity index (χ1v) is 10.5. The highest BCUT2D eigenvalue weighted by Gasteiger charge is 2.30. The standard InChI is InChI=1S/C23H31N5O2/c1-4-28(16(2)3)15-17-10-12-19(13-11-17)22(29)26-27-23(30)21-14-20(24-25-21)18-8-6-5-7-9-18/h5-13,16,20-21,24-25H,4,14-15H2,1-3H3,(H,26,29)(H,27,30). The molecule has 4 N–H and O–H groups in total. The highest BCUT2D eigenvalue weighted by atomic mass is 16.2. The molecule has 1 aliphatic rings. The summed E-state index contributed by atoms with van der Waals surface area (Å²) in [6.07, 6.45) is 0.601. The van der Waals surface area contributed by atoms with Gasteiger partial charge >= 0.3 is 0 Å². The van der Waals surface area contributed by atoms with Gasteiger partial charge in [-0.15, -0.1) is 0 Å². The van der Waals surface area contributed by atoms with Crippen LogP contribution in [0.5, 0.6) is 0 Å². The van der Waals surface area contributed by atoms with Crippen LogP contribution in [0.1, 0.15) is 54.7 Å². The Bertz CT molecular complexity index is 838. The number of hydrazine groups is 2. The molecule has 160 valence electrons. The molecule has 0 saturated carbocycles. The summed E-state index contributed by atoms with van der Waals surface area (Å²) in [5, 5.41) is 0. The first kappa shape index (κ1) is 22.0. The summed E-state index contributed by atoms with van der Waals surface area (Å²) in [5.74, 6) is -0.613. The van der Waals surface area contributed by atoms with Crippen LogP contribution in [0.15, 0.2) is 54.6 Å². The van der Waals surface area contributed by atoms with E-state index in [1.807, 2.05) is 42.5 Å². The third kappa shape index (κ3) is 5.66. The van der Waals surface area contributed by atoms with Crippen LogP contribution in [0.3, 0.4) is 0 Å². The van der Waals surface area contributed by atoms with E-state index in [-0.39, 0.29) is 17.9 Å². The van der Waals surface area contributed by atoms with Crippen LogP contribution in [-0.2, 0) is 11.3 Å². The summed E-state index contributed by atoms with van der Waals surface area (Å²) < 4.78 is 0. The third-order valence-electron chi connectivity index (χ3n) is 5.46. The van der Waals surface area contributed by atoms with E-state index in [0.29, 0.717) is 18.0 Å². The molecule has 30 heavy (non-hydrogen) atoms. The smallest absolute Gasteiger partial charge is 0.269 e. The fourth-order valence-corrected chi connectivity index (χ4v) is 3.57. The van der Waals surface area contributed by atoms with Crippen molar-refractivity contribution in [1.82, 2.24) is 26.6 Å². The quantitative estimate of drug-likeness (QED) is 0.527. The van der Waals surface area contributed by atoms with Crippen LogP contribution >= 0.6 is 0 Å². The number of nitrogens with one attached hydrogen (secondary N) is 4. The molecule has 1 fully saturated rings. The van der Waals surface area contributed by atoms with Gasteiger partial charge in [0.1, 0.15) is 6.04 Å². The Hall–Kier alpha value is -2.74. The Morgan fingerprint density at radius 1 is 1.03 bits per heavy atom. The Kier molecular flexibility index (Phi) is 7.57. The molecule has 2 aromatic carbocycles. The van der Waals surface area contributed by atoms with Gasteiger partial charge in [-0.25, -0.2) is 10.9 Å². The maximum Gasteiger partial charge on any atom is 0.269 e. The Balaban J connectivity index is 1.47. The lowest BCUT2D eigenvalue weighted by atomic mass is 10.0. The third-order valence-corrected chi connectivity index (χ3v) is 5.46. The Morgan fingerprint density at radius 2 is 1.73 bits per heavy atom. The van der Waals surface area contributed by atoms with Crippen LogP contribution in [-0.4, -0.2) is 35.3 Å². The van der Waals surface area contributed by atoms with Crippen molar-refractivity contribution in [2.75, 3.05) is 6.54 Å². The van der Waals surface area contributed by atoms with Crippen molar-refractivity contribution < 1.29 is 9.59 Å². The SMILES string of the molecule is CCN(Cc1ccc(C(=O)NNC(=O)C2CC(c3ccccc3)NN2)cc1)C(C)C. The summed E-state index contributed by atoms with van der Waals surface area (Å²) in [4.78, 5) is 27.1. The topological polar surface area (TPSA) is 85.5 Å². The van der Waals surface area contributed by atoms with Crippen molar-refractivity contribution in [2.45, 2.75) is 51.9 Å². The highest BCUT2D eigenvalue weighted by molar-refractivity contribution is 5.95. The van der Waals surface area contributed by atoms with Gasteiger partial charge in [0.15, 0.2) is 0 Å². The molecule has 0 bridgehead atoms. The van der Waals surface area contributed by atoms with Gasteiger partial charge in [-0.3, -0.25) is 25.3 Å². The zero-order valence-electron chi connectivity index (χ0n) is 17.8. The predicted molar refractivity (Wildman–Crippen MR) is 117 cm³/mol. The van der Waals surface area contributed by atoms with Crippen LogP contribution in [0, 0.1) is 0 Å². The summed E-state index contributed by atoms with van der Waals surface area (Å²) in [7, 11) is 0. The fraction of sp³-hybridized carbons (Fsp3) is 0.391. The van der Waals surface area contributed by atoms with E-state index >= 15 is 0 Å². The van der Waals surface area contributed by atoms with Gasteiger partial charge in [0.2, 0.25) is 0 Å². The van der Waals surface area contributed by atoms with Crippen molar-refractivity contribution in [3.63, 3.8) is 0 Å². The van der Waals surface area contributed by atoms with Crippen LogP contribution in [0.2, 0.25) is 0 Å². The lowest BCUT2D eigenvalue weighted by Gasteiger charge is -2.24. The molecule has 7 nitrogen and oxygen atoms in total. The summed E-state index contributed by atoms with van der Waals surface area (Å²) in [6, 6.07) is 17.5. The fourth-order valence-electron chi connectivity index (χ4n) is 3.57. The number of hydrogen-bond acceptors (Lipinski definition) is 5. The van der Waals surface area contributed by atoms with E-state index in [1.54, 1.807) is 12.1 Å². The molecule has 2 amide bonds. The average Bonchev–Trinajstić information content (AvgIpc) is 3.27. The van der Waals surface area contributed by atoms with Gasteiger partial charge in [-0.05, 0) is 50.1 Å². The molecule has 0 radical (unpaired) electrons. The number of hydrogen-bond donors (Lipinski definition) is 4. The molecule has 2 unspecified atom stereocenters. The van der Waals surface area contributed by atoms with E-state index in [4.69, 9.17) is 0 Å². The molecule has 0 aromatic heterocycles. The number of benzene rings is 2. The van der Waals surface area contributed by atoms with Gasteiger partial charge in [-0.2, -0.15) is 0 Å². The average molecular weight is 410 g/mol. The minimum absolute atomic E-state index is 0.0544. The second kappa shape index (κ2) is 10.3. The number of nitrogens with zero attached hydrogens (tertiary/aromatic N) is 1. The zero-order chi connectivity index (χ0) is 21.5. The van der Waals surface area contributed by atoms with E-state index in [1.165, 1.54) is 0 Å². The number of carbonyl (C=O) groups excluding carboxylic acids is 2. The van der Waals surface area contributed by atoms with Crippen LogP contribution in [0.25, 0.3) is 0 Å². The number of amides is 2. The van der Waals surface area contributed by atoms with E-state index in [2.05, 4.69) is 47.4 Å². The molecule has 1 heterocycles. The van der Waals surface area contributed by atoms with Crippen LogP contribution in [0.4, 0.5) is 0 Å². The minimum Gasteiger partial charge on any atom is -0.297 e. The predicted octanol–water partition coefficient (Wildman–Crippen LogP) is 2.29. The summed E-state index contributed by atoms with van der Waals surface area (Å²) in [5.41, 5.74) is 13.9. The Labute approximate surface area is 178 Å². The molecule has 1 saturated heterocycles. The van der Waals surface area contributed by atoms with Crippen molar-refractivity contribution in [3.05, 3.63) is 71.3 Å². The van der Waals surface area contributed by atoms with Crippen molar-refractivity contribution in [2.24, 2.45) is 0 Å². The van der Waals surface area contributed by atoms with Crippen molar-refractivity contribution in [3.8, 4) is 0 Å². The molecule has 3 rings (SSSR count). The maximum absolute atomic E-state index is 12.4. The van der Waals surface area contributed by atoms with Gasteiger partial charge in [0.05, 0.1) is 0 Å². The molecule has 0 spiro atoms. The first-order valence-electron chi connectivity index (χ1n) is 10.5. The lowest BCUT2D eigenvalue weighted by molar-refractivity contribution is -0.123. The lowest BCUT2D eigenvalue weighted by Crippen LogP contribution is -2.50. The minimum atomic E-state index is -0.422. The van der Waals surface area contributed by atoms with Crippen LogP contribution < -0.4 is 21.7 Å². The molecule has 2 atom stereocenters. The van der Waals surface area contributed by atoms with Crippen molar-refractivity contribution >= 4 is 11.8 Å². The molecule has 1 aliphatic heterocycles. The first-order chi connectivity index (χ1) is 14.5. The second-order valence-electron chi connectivity index (χ2n) is 7.84.